The molecular weight excluding hydrogens is 624 g/mol. The van der Waals surface area contributed by atoms with Crippen molar-refractivity contribution in [1.29, 1.82) is 0 Å². The number of halogens is 8. The van der Waals surface area contributed by atoms with Gasteiger partial charge in [-0.1, -0.05) is 20.8 Å². The Kier molecular flexibility index (Phi) is 11.0. The van der Waals surface area contributed by atoms with Gasteiger partial charge in [0, 0.05) is 23.8 Å². The van der Waals surface area contributed by atoms with Crippen LogP contribution in [0.5, 0.6) is 23.0 Å². The zero-order valence-electron chi connectivity index (χ0n) is 25.1. The van der Waals surface area contributed by atoms with Crippen molar-refractivity contribution >= 4 is 0 Å². The Labute approximate surface area is 260 Å². The first kappa shape index (κ1) is 34.4. The van der Waals surface area contributed by atoms with Gasteiger partial charge in [-0.05, 0) is 66.8 Å². The molecule has 0 fully saturated rings. The number of hydrogen-bond acceptors (Lipinski definition) is 4. The first-order valence-corrected chi connectivity index (χ1v) is 14.5. The molecule has 0 aliphatic heterocycles. The van der Waals surface area contributed by atoms with Crippen LogP contribution in [-0.2, 0) is 6.11 Å². The van der Waals surface area contributed by atoms with Crippen LogP contribution in [0.15, 0.2) is 54.6 Å². The molecule has 4 nitrogen and oxygen atoms in total. The number of hydrogen-bond donors (Lipinski definition) is 0. The van der Waals surface area contributed by atoms with Crippen LogP contribution in [0.2, 0.25) is 0 Å². The van der Waals surface area contributed by atoms with E-state index in [-0.39, 0.29) is 35.8 Å². The molecule has 12 heteroatoms. The molecule has 0 atom stereocenters. The molecule has 0 unspecified atom stereocenters. The highest BCUT2D eigenvalue weighted by atomic mass is 19.3. The Bertz CT molecular complexity index is 1620. The van der Waals surface area contributed by atoms with Crippen molar-refractivity contribution in [2.45, 2.75) is 46.1 Å². The second kappa shape index (κ2) is 14.7. The lowest BCUT2D eigenvalue weighted by atomic mass is 10.00. The summed E-state index contributed by atoms with van der Waals surface area (Å²) in [5, 5.41) is 0. The predicted molar refractivity (Wildman–Crippen MR) is 155 cm³/mol. The van der Waals surface area contributed by atoms with E-state index in [2.05, 4.69) is 4.74 Å². The normalized spacial score (nSPS) is 11.5. The van der Waals surface area contributed by atoms with Gasteiger partial charge in [-0.25, -0.2) is 26.3 Å². The molecule has 0 heterocycles. The molecule has 0 radical (unpaired) electrons. The van der Waals surface area contributed by atoms with Crippen LogP contribution < -0.4 is 18.9 Å². The maximum absolute atomic E-state index is 15.4. The summed E-state index contributed by atoms with van der Waals surface area (Å²) in [6.45, 7) is 6.45. The van der Waals surface area contributed by atoms with Crippen LogP contribution >= 0.6 is 0 Å². The second-order valence-corrected chi connectivity index (χ2v) is 10.2. The molecule has 0 saturated carbocycles. The minimum atomic E-state index is -4.64. The standard InChI is InChI=1S/C34H30F8O4/c1-4-9-43-22-17-29(44-10-5-2)31(30(18-22)45-11-6-3)20-14-25(36)32(26(37)15-20)34(41,42)46-21-7-8-23(24(35)16-21)19-12-27(38)33(40)28(39)13-19/h7-8,12-18H,4-6,9-11H2,1-3H3. The van der Waals surface area contributed by atoms with Crippen molar-refractivity contribution in [3.63, 3.8) is 0 Å². The summed E-state index contributed by atoms with van der Waals surface area (Å²) in [6, 6.07) is 7.50. The van der Waals surface area contributed by atoms with Crippen LogP contribution in [0.4, 0.5) is 35.1 Å². The molecule has 0 bridgehead atoms. The van der Waals surface area contributed by atoms with Gasteiger partial charge in [-0.15, -0.1) is 0 Å². The summed E-state index contributed by atoms with van der Waals surface area (Å²) < 4.78 is 138. The molecule has 0 saturated heterocycles. The predicted octanol–water partition coefficient (Wildman–Crippen LogP) is 10.3. The Morgan fingerprint density at radius 1 is 0.543 bits per heavy atom. The van der Waals surface area contributed by atoms with E-state index in [0.717, 1.165) is 12.1 Å². The zero-order chi connectivity index (χ0) is 33.6. The molecule has 0 N–H and O–H groups in total. The summed E-state index contributed by atoms with van der Waals surface area (Å²) in [6.07, 6.45) is -2.75. The van der Waals surface area contributed by atoms with Crippen LogP contribution in [0, 0.1) is 34.9 Å². The average Bonchev–Trinajstić information content (AvgIpc) is 2.99. The molecule has 4 aromatic carbocycles. The Morgan fingerprint density at radius 3 is 1.54 bits per heavy atom. The monoisotopic (exact) mass is 654 g/mol. The number of rotatable bonds is 14. The molecule has 46 heavy (non-hydrogen) atoms. The van der Waals surface area contributed by atoms with Gasteiger partial charge in [-0.3, -0.25) is 0 Å². The van der Waals surface area contributed by atoms with Gasteiger partial charge in [0.05, 0.1) is 25.4 Å². The largest absolute Gasteiger partial charge is 0.493 e. The number of alkyl halides is 2. The van der Waals surface area contributed by atoms with Gasteiger partial charge in [0.15, 0.2) is 17.5 Å². The Morgan fingerprint density at radius 2 is 1.04 bits per heavy atom. The van der Waals surface area contributed by atoms with Crippen molar-refractivity contribution < 1.29 is 54.1 Å². The number of ether oxygens (including phenoxy) is 4. The molecule has 0 aliphatic rings. The maximum Gasteiger partial charge on any atom is 0.432 e. The highest BCUT2D eigenvalue weighted by molar-refractivity contribution is 5.78. The third-order valence-electron chi connectivity index (χ3n) is 6.54. The van der Waals surface area contributed by atoms with Crippen LogP contribution in [-0.4, -0.2) is 19.8 Å². The average molecular weight is 655 g/mol. The number of benzene rings is 4. The molecule has 0 aromatic heterocycles. The van der Waals surface area contributed by atoms with Crippen molar-refractivity contribution in [1.82, 2.24) is 0 Å². The van der Waals surface area contributed by atoms with Gasteiger partial charge >= 0.3 is 6.11 Å². The fourth-order valence-corrected chi connectivity index (χ4v) is 4.50. The van der Waals surface area contributed by atoms with E-state index in [1.807, 2.05) is 20.8 Å². The molecule has 0 aliphatic carbocycles. The minimum Gasteiger partial charge on any atom is -0.493 e. The minimum absolute atomic E-state index is 0.116. The van der Waals surface area contributed by atoms with E-state index >= 15 is 17.6 Å². The van der Waals surface area contributed by atoms with Crippen LogP contribution in [0.25, 0.3) is 22.3 Å². The van der Waals surface area contributed by atoms with E-state index in [4.69, 9.17) is 14.2 Å². The lowest BCUT2D eigenvalue weighted by Crippen LogP contribution is -2.25. The maximum atomic E-state index is 15.4. The highest BCUT2D eigenvalue weighted by Gasteiger charge is 2.41. The molecule has 0 spiro atoms. The van der Waals surface area contributed by atoms with Crippen molar-refractivity contribution in [2.24, 2.45) is 0 Å². The lowest BCUT2D eigenvalue weighted by Gasteiger charge is -2.22. The topological polar surface area (TPSA) is 36.9 Å². The van der Waals surface area contributed by atoms with Crippen molar-refractivity contribution in [3.8, 4) is 45.3 Å². The SMILES string of the molecule is CCCOc1cc(OCCC)c(-c2cc(F)c(C(F)(F)Oc3ccc(-c4cc(F)c(F)c(F)c4)c(F)c3)c(F)c2)c(OCCC)c1. The van der Waals surface area contributed by atoms with E-state index < -0.39 is 63.5 Å². The van der Waals surface area contributed by atoms with Gasteiger partial charge in [0.2, 0.25) is 0 Å². The van der Waals surface area contributed by atoms with Crippen molar-refractivity contribution in [3.05, 3.63) is 95.1 Å². The molecule has 4 aromatic rings. The van der Waals surface area contributed by atoms with Gasteiger partial charge < -0.3 is 18.9 Å². The Balaban J connectivity index is 1.71. The quantitative estimate of drug-likeness (QED) is 0.100. The van der Waals surface area contributed by atoms with Crippen LogP contribution in [0.1, 0.15) is 45.6 Å². The van der Waals surface area contributed by atoms with E-state index in [1.165, 1.54) is 12.1 Å². The van der Waals surface area contributed by atoms with E-state index in [1.54, 1.807) is 0 Å². The molecule has 246 valence electrons. The third kappa shape index (κ3) is 7.66. The molecule has 4 rings (SSSR count). The summed E-state index contributed by atoms with van der Waals surface area (Å²) >= 11 is 0. The van der Waals surface area contributed by atoms with Gasteiger partial charge in [-0.2, -0.15) is 8.78 Å². The first-order chi connectivity index (χ1) is 21.9. The van der Waals surface area contributed by atoms with E-state index in [9.17, 15) is 17.6 Å². The summed E-state index contributed by atoms with van der Waals surface area (Å²) in [4.78, 5) is 0. The fourth-order valence-electron chi connectivity index (χ4n) is 4.50. The summed E-state index contributed by atoms with van der Waals surface area (Å²) in [5.41, 5.74) is -2.69. The van der Waals surface area contributed by atoms with Gasteiger partial charge in [0.1, 0.15) is 46.0 Å². The zero-order valence-corrected chi connectivity index (χ0v) is 25.1. The molecule has 0 amide bonds. The summed E-state index contributed by atoms with van der Waals surface area (Å²) in [7, 11) is 0. The Hall–Kier alpha value is -4.48. The summed E-state index contributed by atoms with van der Waals surface area (Å²) in [5.74, 6) is -9.74. The first-order valence-electron chi connectivity index (χ1n) is 14.5. The van der Waals surface area contributed by atoms with Gasteiger partial charge in [0.25, 0.3) is 0 Å². The second-order valence-electron chi connectivity index (χ2n) is 10.2. The smallest absolute Gasteiger partial charge is 0.432 e. The molecular formula is C34H30F8O4. The van der Waals surface area contributed by atoms with E-state index in [0.29, 0.717) is 62.0 Å². The van der Waals surface area contributed by atoms with Crippen LogP contribution in [0.3, 0.4) is 0 Å². The lowest BCUT2D eigenvalue weighted by molar-refractivity contribution is -0.189. The fraction of sp³-hybridized carbons (Fsp3) is 0.294. The van der Waals surface area contributed by atoms with Crippen molar-refractivity contribution in [2.75, 3.05) is 19.8 Å². The highest BCUT2D eigenvalue weighted by Crippen LogP contribution is 2.45. The third-order valence-corrected chi connectivity index (χ3v) is 6.54.